The van der Waals surface area contributed by atoms with Gasteiger partial charge >= 0.3 is 35.7 Å². The maximum absolute atomic E-state index is 8.78. The number of carboxylic acid groups (broad SMARTS) is 1. The average Bonchev–Trinajstić information content (AvgIpc) is 1.94. The van der Waals surface area contributed by atoms with Crippen LogP contribution in [0.4, 0.5) is 4.79 Å². The molecule has 0 aromatic carbocycles. The smallest absolute Gasteiger partial charge is 1.00 e. The van der Waals surface area contributed by atoms with E-state index >= 15 is 0 Å². The molecule has 0 bridgehead atoms. The van der Waals surface area contributed by atoms with Crippen molar-refractivity contribution in [3.63, 3.8) is 0 Å². The van der Waals surface area contributed by atoms with Crippen LogP contribution in [0.1, 0.15) is 1.43 Å². The maximum atomic E-state index is 8.78. The molecule has 4 N–H and O–H groups in total. The standard InChI is InChI=1S/C5H5NOS.CH3NO2.Cu.Na.H/c7-6-4-2-1-3-5(6)8;2-1(3)4;;;/h1-4,7H;2H2,(H,3,4);;;/q;;;+1;-1. The largest absolute Gasteiger partial charge is 1.00 e. The molecule has 14 heavy (non-hydrogen) atoms. The van der Waals surface area contributed by atoms with Gasteiger partial charge in [0.05, 0.1) is 0 Å². The van der Waals surface area contributed by atoms with E-state index in [2.05, 4.69) is 18.0 Å². The number of amides is 1. The summed E-state index contributed by atoms with van der Waals surface area (Å²) in [5, 5.41) is 15.9. The van der Waals surface area contributed by atoms with Crippen molar-refractivity contribution in [2.45, 2.75) is 0 Å². The topological polar surface area (TPSA) is 88.5 Å². The van der Waals surface area contributed by atoms with Crippen LogP contribution in [-0.2, 0) is 17.1 Å². The molecule has 0 saturated heterocycles. The molecular weight excluding hydrogens is 267 g/mol. The molecule has 1 amide bonds. The summed E-state index contributed by atoms with van der Waals surface area (Å²) in [6, 6.07) is 5.13. The summed E-state index contributed by atoms with van der Waals surface area (Å²) in [5.41, 5.74) is 4.03. The number of nitrogens with two attached hydrogens (primary N) is 1. The number of aromatic nitrogens is 1. The van der Waals surface area contributed by atoms with Crippen molar-refractivity contribution in [3.05, 3.63) is 29.0 Å². The predicted octanol–water partition coefficient (Wildman–Crippen LogP) is -1.81. The molecule has 8 heteroatoms. The van der Waals surface area contributed by atoms with Crippen LogP contribution in [0.15, 0.2) is 24.4 Å². The van der Waals surface area contributed by atoms with Gasteiger partial charge < -0.3 is 17.5 Å². The fourth-order valence-corrected chi connectivity index (χ4v) is 0.558. The first kappa shape index (κ1) is 19.5. The van der Waals surface area contributed by atoms with E-state index in [1.54, 1.807) is 18.2 Å². The molecule has 0 aliphatic carbocycles. The van der Waals surface area contributed by atoms with Gasteiger partial charge in [0, 0.05) is 23.3 Å². The molecule has 0 saturated carbocycles. The third kappa shape index (κ3) is 12.0. The van der Waals surface area contributed by atoms with Crippen LogP contribution in [0.5, 0.6) is 0 Å². The number of hydrogen-bond acceptors (Lipinski definition) is 3. The van der Waals surface area contributed by atoms with Crippen LogP contribution < -0.4 is 35.3 Å². The molecule has 1 heterocycles. The summed E-state index contributed by atoms with van der Waals surface area (Å²) in [6.07, 6.45) is 0.155. The molecule has 1 aromatic heterocycles. The van der Waals surface area contributed by atoms with E-state index in [4.69, 9.17) is 15.1 Å². The Hall–Kier alpha value is -0.0405. The van der Waals surface area contributed by atoms with Gasteiger partial charge in [-0.3, -0.25) is 0 Å². The molecule has 0 unspecified atom stereocenters. The van der Waals surface area contributed by atoms with E-state index in [-0.39, 0.29) is 48.1 Å². The zero-order valence-corrected chi connectivity index (χ0v) is 11.1. The Labute approximate surface area is 120 Å². The Morgan fingerprint density at radius 1 is 1.57 bits per heavy atom. The molecule has 1 rings (SSSR count). The van der Waals surface area contributed by atoms with Gasteiger partial charge in [-0.2, -0.15) is 4.73 Å². The van der Waals surface area contributed by atoms with Crippen molar-refractivity contribution in [3.8, 4) is 0 Å². The van der Waals surface area contributed by atoms with E-state index in [0.29, 0.717) is 4.64 Å². The average molecular weight is 276 g/mol. The van der Waals surface area contributed by atoms with Crippen molar-refractivity contribution in [2.24, 2.45) is 5.73 Å². The molecule has 0 aliphatic rings. The quantitative estimate of drug-likeness (QED) is 0.296. The Morgan fingerprint density at radius 3 is 2.21 bits per heavy atom. The second-order valence-electron chi connectivity index (χ2n) is 1.72. The number of primary amides is 1. The summed E-state index contributed by atoms with van der Waals surface area (Å²) in [5.74, 6) is 0. The second kappa shape index (κ2) is 11.0. The molecule has 79 valence electrons. The van der Waals surface area contributed by atoms with Crippen LogP contribution in [0.25, 0.3) is 0 Å². The van der Waals surface area contributed by atoms with E-state index in [9.17, 15) is 0 Å². The minimum atomic E-state index is -1.33. The monoisotopic (exact) mass is 275 g/mol. The molecule has 1 aromatic rings. The van der Waals surface area contributed by atoms with E-state index in [1.165, 1.54) is 6.20 Å². The van der Waals surface area contributed by atoms with Gasteiger partial charge in [0.15, 0.2) is 0 Å². The van der Waals surface area contributed by atoms with Gasteiger partial charge in [0.25, 0.3) is 0 Å². The first-order valence-corrected chi connectivity index (χ1v) is 3.30. The third-order valence-corrected chi connectivity index (χ3v) is 1.13. The van der Waals surface area contributed by atoms with Crippen molar-refractivity contribution < 1.29 is 63.2 Å². The SMILES string of the molecule is NC(=O)O.On1ccccc1=S.[Cu].[H-].[Na+]. The summed E-state index contributed by atoms with van der Waals surface area (Å²) in [7, 11) is 0. The van der Waals surface area contributed by atoms with Crippen LogP contribution in [0.2, 0.25) is 0 Å². The first-order valence-electron chi connectivity index (χ1n) is 2.89. The zero-order chi connectivity index (χ0) is 9.56. The summed E-state index contributed by atoms with van der Waals surface area (Å²) >= 11 is 4.67. The molecule has 0 aliphatic heterocycles. The van der Waals surface area contributed by atoms with Gasteiger partial charge in [0.2, 0.25) is 0 Å². The summed E-state index contributed by atoms with van der Waals surface area (Å²) in [6.45, 7) is 0. The number of hydrogen-bond donors (Lipinski definition) is 3. The van der Waals surface area contributed by atoms with Crippen molar-refractivity contribution in [2.75, 3.05) is 0 Å². The second-order valence-corrected chi connectivity index (χ2v) is 2.14. The maximum Gasteiger partial charge on any atom is 1.00 e. The Bertz CT molecular complexity index is 321. The number of pyridine rings is 1. The minimum absolute atomic E-state index is 0. The van der Waals surface area contributed by atoms with E-state index in [1.807, 2.05) is 0 Å². The number of nitrogens with zero attached hydrogens (tertiary/aromatic N) is 1. The van der Waals surface area contributed by atoms with Crippen LogP contribution >= 0.6 is 12.2 Å². The number of rotatable bonds is 0. The fourth-order valence-electron chi connectivity index (χ4n) is 0.419. The van der Waals surface area contributed by atoms with Crippen LogP contribution in [0, 0.1) is 4.64 Å². The van der Waals surface area contributed by atoms with Crippen molar-refractivity contribution >= 4 is 18.3 Å². The Kier molecular flexibility index (Phi) is 15.4. The van der Waals surface area contributed by atoms with Crippen molar-refractivity contribution in [1.29, 1.82) is 0 Å². The van der Waals surface area contributed by atoms with E-state index in [0.717, 1.165) is 4.73 Å². The Morgan fingerprint density at radius 2 is 2.00 bits per heavy atom. The minimum Gasteiger partial charge on any atom is -1.00 e. The molecular formula is C6H9CuN2NaO3S. The van der Waals surface area contributed by atoms with Crippen LogP contribution in [-0.4, -0.2) is 21.1 Å². The number of carbonyl (C=O) groups is 1. The van der Waals surface area contributed by atoms with Crippen molar-refractivity contribution in [1.82, 2.24) is 4.73 Å². The molecule has 0 fully saturated rings. The van der Waals surface area contributed by atoms with Gasteiger partial charge in [-0.05, 0) is 12.1 Å². The van der Waals surface area contributed by atoms with E-state index < -0.39 is 6.09 Å². The zero-order valence-electron chi connectivity index (χ0n) is 8.35. The Balaban J connectivity index is -0.0000000779. The molecule has 0 atom stereocenters. The van der Waals surface area contributed by atoms with Gasteiger partial charge in [-0.1, -0.05) is 18.3 Å². The molecule has 5 nitrogen and oxygen atoms in total. The first-order chi connectivity index (χ1) is 5.54. The fraction of sp³-hybridized carbons (Fsp3) is 0. The summed E-state index contributed by atoms with van der Waals surface area (Å²) < 4.78 is 1.32. The normalized spacial score (nSPS) is 6.86. The molecule has 1 radical (unpaired) electrons. The van der Waals surface area contributed by atoms with Gasteiger partial charge in [-0.25, -0.2) is 4.79 Å². The summed E-state index contributed by atoms with van der Waals surface area (Å²) in [4.78, 5) is 8.78. The van der Waals surface area contributed by atoms with Crippen LogP contribution in [0.3, 0.4) is 0 Å². The predicted molar refractivity (Wildman–Crippen MR) is 45.8 cm³/mol. The molecule has 0 spiro atoms. The van der Waals surface area contributed by atoms with Gasteiger partial charge in [-0.15, -0.1) is 0 Å². The third-order valence-electron chi connectivity index (χ3n) is 0.803. The van der Waals surface area contributed by atoms with Gasteiger partial charge in [0.1, 0.15) is 4.64 Å².